The van der Waals surface area contributed by atoms with Crippen LogP contribution in [0.25, 0.3) is 16.8 Å². The van der Waals surface area contributed by atoms with E-state index in [0.717, 1.165) is 18.5 Å². The minimum absolute atomic E-state index is 0.597. The standard InChI is InChI=1S/C16H16N2/c17-11-13-7-4-8-16-14(13)9-10-15(18-16)12-5-2-1-3-6-12/h1-3,5-7,9-10H,4,8,11,17H2. The molecular weight excluding hydrogens is 220 g/mol. The number of nitrogens with two attached hydrogens (primary N) is 1. The topological polar surface area (TPSA) is 38.9 Å². The van der Waals surface area contributed by atoms with Gasteiger partial charge in [-0.3, -0.25) is 4.98 Å². The van der Waals surface area contributed by atoms with E-state index in [4.69, 9.17) is 10.7 Å². The van der Waals surface area contributed by atoms with E-state index in [1.165, 1.54) is 22.4 Å². The highest BCUT2D eigenvalue weighted by Crippen LogP contribution is 2.27. The summed E-state index contributed by atoms with van der Waals surface area (Å²) in [7, 11) is 0. The van der Waals surface area contributed by atoms with Gasteiger partial charge in [0.25, 0.3) is 0 Å². The van der Waals surface area contributed by atoms with Crippen molar-refractivity contribution in [2.75, 3.05) is 6.54 Å². The molecular formula is C16H16N2. The average Bonchev–Trinajstić information content (AvgIpc) is 2.47. The first-order valence-electron chi connectivity index (χ1n) is 6.33. The predicted molar refractivity (Wildman–Crippen MR) is 75.0 cm³/mol. The lowest BCUT2D eigenvalue weighted by Crippen LogP contribution is -2.10. The molecule has 2 nitrogen and oxygen atoms in total. The second kappa shape index (κ2) is 4.75. The summed E-state index contributed by atoms with van der Waals surface area (Å²) in [6.07, 6.45) is 4.29. The molecule has 18 heavy (non-hydrogen) atoms. The van der Waals surface area contributed by atoms with E-state index in [2.05, 4.69) is 30.3 Å². The number of hydrogen-bond acceptors (Lipinski definition) is 2. The highest BCUT2D eigenvalue weighted by Gasteiger charge is 2.13. The maximum Gasteiger partial charge on any atom is 0.0705 e. The van der Waals surface area contributed by atoms with E-state index in [9.17, 15) is 0 Å². The quantitative estimate of drug-likeness (QED) is 0.870. The van der Waals surface area contributed by atoms with Gasteiger partial charge in [-0.25, -0.2) is 0 Å². The van der Waals surface area contributed by atoms with Crippen LogP contribution in [0.5, 0.6) is 0 Å². The molecule has 0 radical (unpaired) electrons. The Kier molecular flexibility index (Phi) is 2.95. The number of rotatable bonds is 2. The molecule has 1 aromatic heterocycles. The molecule has 0 aliphatic heterocycles. The Hall–Kier alpha value is -1.93. The lowest BCUT2D eigenvalue weighted by atomic mass is 9.94. The molecule has 0 amide bonds. The van der Waals surface area contributed by atoms with E-state index in [1.54, 1.807) is 0 Å². The highest BCUT2D eigenvalue weighted by atomic mass is 14.7. The number of nitrogens with zero attached hydrogens (tertiary/aromatic N) is 1. The molecule has 2 heteroatoms. The van der Waals surface area contributed by atoms with Gasteiger partial charge in [0, 0.05) is 23.4 Å². The monoisotopic (exact) mass is 236 g/mol. The largest absolute Gasteiger partial charge is 0.326 e. The molecule has 3 rings (SSSR count). The number of aromatic nitrogens is 1. The zero-order chi connectivity index (χ0) is 12.4. The fourth-order valence-electron chi connectivity index (χ4n) is 2.44. The third-order valence-corrected chi connectivity index (χ3v) is 3.38. The van der Waals surface area contributed by atoms with Gasteiger partial charge < -0.3 is 5.73 Å². The first-order valence-corrected chi connectivity index (χ1v) is 6.33. The number of benzene rings is 1. The number of allylic oxidation sites excluding steroid dienone is 1. The summed E-state index contributed by atoms with van der Waals surface area (Å²) < 4.78 is 0. The van der Waals surface area contributed by atoms with Gasteiger partial charge in [-0.15, -0.1) is 0 Å². The lowest BCUT2D eigenvalue weighted by molar-refractivity contribution is 0.915. The zero-order valence-corrected chi connectivity index (χ0v) is 10.3. The maximum absolute atomic E-state index is 5.77. The van der Waals surface area contributed by atoms with Crippen molar-refractivity contribution < 1.29 is 0 Å². The number of pyridine rings is 1. The molecule has 0 unspecified atom stereocenters. The Labute approximate surface area is 107 Å². The zero-order valence-electron chi connectivity index (χ0n) is 10.3. The SMILES string of the molecule is NCC1=CCCc2nc(-c3ccccc3)ccc21. The smallest absolute Gasteiger partial charge is 0.0705 e. The third kappa shape index (κ3) is 1.95. The number of hydrogen-bond donors (Lipinski definition) is 1. The van der Waals surface area contributed by atoms with Crippen molar-refractivity contribution in [1.82, 2.24) is 4.98 Å². The van der Waals surface area contributed by atoms with Gasteiger partial charge in [0.1, 0.15) is 0 Å². The first kappa shape index (κ1) is 11.2. The van der Waals surface area contributed by atoms with Crippen molar-refractivity contribution in [1.29, 1.82) is 0 Å². The van der Waals surface area contributed by atoms with Crippen molar-refractivity contribution in [3.8, 4) is 11.3 Å². The molecule has 0 saturated heterocycles. The van der Waals surface area contributed by atoms with Gasteiger partial charge in [0.2, 0.25) is 0 Å². The molecule has 2 aromatic rings. The summed E-state index contributed by atoms with van der Waals surface area (Å²) in [6, 6.07) is 14.5. The van der Waals surface area contributed by atoms with Crippen LogP contribution in [-0.2, 0) is 6.42 Å². The molecule has 2 N–H and O–H groups in total. The van der Waals surface area contributed by atoms with Crippen molar-refractivity contribution in [3.63, 3.8) is 0 Å². The van der Waals surface area contributed by atoms with E-state index in [0.29, 0.717) is 6.54 Å². The van der Waals surface area contributed by atoms with E-state index >= 15 is 0 Å². The molecule has 1 aliphatic rings. The van der Waals surface area contributed by atoms with Crippen LogP contribution < -0.4 is 5.73 Å². The Morgan fingerprint density at radius 2 is 1.89 bits per heavy atom. The Morgan fingerprint density at radius 1 is 1.06 bits per heavy atom. The van der Waals surface area contributed by atoms with Crippen molar-refractivity contribution in [2.24, 2.45) is 5.73 Å². The number of aryl methyl sites for hydroxylation is 1. The van der Waals surface area contributed by atoms with E-state index < -0.39 is 0 Å². The van der Waals surface area contributed by atoms with Crippen LogP contribution in [0.1, 0.15) is 17.7 Å². The Morgan fingerprint density at radius 3 is 2.67 bits per heavy atom. The average molecular weight is 236 g/mol. The Balaban J connectivity index is 2.05. The minimum atomic E-state index is 0.597. The van der Waals surface area contributed by atoms with Crippen LogP contribution >= 0.6 is 0 Å². The Bertz CT molecular complexity index is 585. The molecule has 1 aromatic carbocycles. The molecule has 90 valence electrons. The van der Waals surface area contributed by atoms with E-state index in [-0.39, 0.29) is 0 Å². The summed E-state index contributed by atoms with van der Waals surface area (Å²) in [5, 5.41) is 0. The summed E-state index contributed by atoms with van der Waals surface area (Å²) in [5.41, 5.74) is 11.6. The van der Waals surface area contributed by atoms with Gasteiger partial charge in [-0.2, -0.15) is 0 Å². The van der Waals surface area contributed by atoms with Crippen LogP contribution in [0.2, 0.25) is 0 Å². The summed E-state index contributed by atoms with van der Waals surface area (Å²) >= 11 is 0. The normalized spacial score (nSPS) is 13.9. The molecule has 0 atom stereocenters. The fourth-order valence-corrected chi connectivity index (χ4v) is 2.44. The van der Waals surface area contributed by atoms with Gasteiger partial charge in [-0.1, -0.05) is 42.5 Å². The van der Waals surface area contributed by atoms with Gasteiger partial charge in [0.05, 0.1) is 5.69 Å². The number of fused-ring (bicyclic) bond motifs is 1. The predicted octanol–water partition coefficient (Wildman–Crippen LogP) is 3.04. The molecule has 0 fully saturated rings. The van der Waals surface area contributed by atoms with Crippen LogP contribution in [0, 0.1) is 0 Å². The van der Waals surface area contributed by atoms with Crippen LogP contribution in [-0.4, -0.2) is 11.5 Å². The minimum Gasteiger partial charge on any atom is -0.326 e. The van der Waals surface area contributed by atoms with Crippen molar-refractivity contribution in [2.45, 2.75) is 12.8 Å². The lowest BCUT2D eigenvalue weighted by Gasteiger charge is -2.16. The van der Waals surface area contributed by atoms with Gasteiger partial charge in [0.15, 0.2) is 0 Å². The maximum atomic E-state index is 5.77. The second-order valence-electron chi connectivity index (χ2n) is 4.53. The van der Waals surface area contributed by atoms with Gasteiger partial charge in [-0.05, 0) is 24.5 Å². The van der Waals surface area contributed by atoms with Crippen molar-refractivity contribution in [3.05, 3.63) is 59.8 Å². The van der Waals surface area contributed by atoms with Crippen molar-refractivity contribution >= 4 is 5.57 Å². The molecule has 1 heterocycles. The van der Waals surface area contributed by atoms with Gasteiger partial charge >= 0.3 is 0 Å². The molecule has 0 bridgehead atoms. The summed E-state index contributed by atoms with van der Waals surface area (Å²) in [4.78, 5) is 4.79. The van der Waals surface area contributed by atoms with Crippen LogP contribution in [0.3, 0.4) is 0 Å². The van der Waals surface area contributed by atoms with Crippen LogP contribution in [0.4, 0.5) is 0 Å². The highest BCUT2D eigenvalue weighted by molar-refractivity contribution is 5.72. The summed E-state index contributed by atoms with van der Waals surface area (Å²) in [6.45, 7) is 0.597. The first-order chi connectivity index (χ1) is 8.88. The fraction of sp³-hybridized carbons (Fsp3) is 0.188. The molecule has 0 spiro atoms. The third-order valence-electron chi connectivity index (χ3n) is 3.38. The van der Waals surface area contributed by atoms with E-state index in [1.807, 2.05) is 18.2 Å². The van der Waals surface area contributed by atoms with Crippen LogP contribution in [0.15, 0.2) is 48.5 Å². The molecule has 0 saturated carbocycles. The second-order valence-corrected chi connectivity index (χ2v) is 4.53. The molecule has 1 aliphatic carbocycles. The summed E-state index contributed by atoms with van der Waals surface area (Å²) in [5.74, 6) is 0.